The summed E-state index contributed by atoms with van der Waals surface area (Å²) in [6, 6.07) is 1.26. The predicted molar refractivity (Wildman–Crippen MR) is 77.2 cm³/mol. The number of carbonyl (C=O) groups is 2. The molecule has 0 aliphatic rings. The molecule has 0 bridgehead atoms. The van der Waals surface area contributed by atoms with E-state index in [1.807, 2.05) is 17.3 Å². The number of imide groups is 1. The van der Waals surface area contributed by atoms with Crippen molar-refractivity contribution in [3.05, 3.63) is 21.9 Å². The average Bonchev–Trinajstić information content (AvgIpc) is 2.74. The van der Waals surface area contributed by atoms with E-state index in [4.69, 9.17) is 0 Å². The van der Waals surface area contributed by atoms with Crippen molar-refractivity contribution >= 4 is 23.3 Å². The summed E-state index contributed by atoms with van der Waals surface area (Å²) in [5, 5.41) is 6.91. The summed E-state index contributed by atoms with van der Waals surface area (Å²) in [5.41, 5.74) is 1.23. The van der Waals surface area contributed by atoms with Crippen molar-refractivity contribution in [2.75, 3.05) is 13.6 Å². The van der Waals surface area contributed by atoms with Gasteiger partial charge < -0.3 is 5.32 Å². The van der Waals surface area contributed by atoms with Gasteiger partial charge in [-0.15, -0.1) is 11.3 Å². The molecule has 19 heavy (non-hydrogen) atoms. The number of hydrogen-bond donors (Lipinski definition) is 2. The third-order valence-corrected chi connectivity index (χ3v) is 3.98. The lowest BCUT2D eigenvalue weighted by Gasteiger charge is -2.23. The van der Waals surface area contributed by atoms with E-state index in [0.29, 0.717) is 13.1 Å². The molecule has 0 saturated carbocycles. The Morgan fingerprint density at radius 2 is 2.16 bits per heavy atom. The zero-order valence-electron chi connectivity index (χ0n) is 11.8. The van der Waals surface area contributed by atoms with E-state index < -0.39 is 6.03 Å². The van der Waals surface area contributed by atoms with Crippen LogP contribution in [0, 0.1) is 6.92 Å². The average molecular weight is 283 g/mol. The van der Waals surface area contributed by atoms with E-state index in [1.165, 1.54) is 10.4 Å². The van der Waals surface area contributed by atoms with Gasteiger partial charge in [0.2, 0.25) is 5.91 Å². The molecule has 1 rings (SSSR count). The second-order valence-electron chi connectivity index (χ2n) is 4.47. The number of nitrogens with one attached hydrogen (secondary N) is 2. The zero-order valence-corrected chi connectivity index (χ0v) is 12.6. The number of hydrogen-bond acceptors (Lipinski definition) is 4. The first-order valence-corrected chi connectivity index (χ1v) is 7.15. The number of nitrogens with zero attached hydrogens (tertiary/aromatic N) is 1. The first-order valence-electron chi connectivity index (χ1n) is 6.27. The molecule has 0 aliphatic heterocycles. The molecule has 5 nitrogen and oxygen atoms in total. The minimum Gasteiger partial charge on any atom is -0.338 e. The van der Waals surface area contributed by atoms with Gasteiger partial charge in [0, 0.05) is 18.0 Å². The molecule has 3 amide bonds. The normalized spacial score (nSPS) is 12.3. The van der Waals surface area contributed by atoms with Crippen molar-refractivity contribution in [3.8, 4) is 0 Å². The van der Waals surface area contributed by atoms with Gasteiger partial charge in [-0.2, -0.15) is 0 Å². The second kappa shape index (κ2) is 7.25. The summed E-state index contributed by atoms with van der Waals surface area (Å²) < 4.78 is 0. The first-order chi connectivity index (χ1) is 8.95. The van der Waals surface area contributed by atoms with E-state index in [9.17, 15) is 9.59 Å². The fourth-order valence-corrected chi connectivity index (χ4v) is 2.52. The smallest absolute Gasteiger partial charge is 0.321 e. The van der Waals surface area contributed by atoms with Crippen LogP contribution >= 0.6 is 11.3 Å². The van der Waals surface area contributed by atoms with Gasteiger partial charge in [-0.1, -0.05) is 0 Å². The topological polar surface area (TPSA) is 61.4 Å². The van der Waals surface area contributed by atoms with Crippen molar-refractivity contribution in [1.29, 1.82) is 0 Å². The fraction of sp³-hybridized carbons (Fsp3) is 0.538. The highest BCUT2D eigenvalue weighted by molar-refractivity contribution is 7.10. The van der Waals surface area contributed by atoms with Crippen molar-refractivity contribution in [2.45, 2.75) is 33.4 Å². The van der Waals surface area contributed by atoms with Crippen molar-refractivity contribution < 1.29 is 9.59 Å². The third-order valence-electron chi connectivity index (χ3n) is 2.98. The Hall–Kier alpha value is -1.40. The van der Waals surface area contributed by atoms with Gasteiger partial charge in [0.1, 0.15) is 0 Å². The molecule has 0 radical (unpaired) electrons. The number of carbonyl (C=O) groups excluding carboxylic acids is 2. The molecule has 0 aromatic carbocycles. The largest absolute Gasteiger partial charge is 0.338 e. The summed E-state index contributed by atoms with van der Waals surface area (Å²) in [5.74, 6) is -0.289. The summed E-state index contributed by atoms with van der Waals surface area (Å²) in [6.07, 6.45) is 0. The number of aryl methyl sites for hydroxylation is 1. The van der Waals surface area contributed by atoms with Crippen LogP contribution in [0.25, 0.3) is 0 Å². The second-order valence-corrected chi connectivity index (χ2v) is 5.47. The molecule has 0 aliphatic carbocycles. The molecule has 1 aromatic rings. The van der Waals surface area contributed by atoms with Gasteiger partial charge in [-0.05, 0) is 44.8 Å². The van der Waals surface area contributed by atoms with Crippen LogP contribution in [0.3, 0.4) is 0 Å². The third kappa shape index (κ3) is 4.65. The maximum Gasteiger partial charge on any atom is 0.321 e. The molecule has 0 saturated heterocycles. The zero-order chi connectivity index (χ0) is 14.4. The Morgan fingerprint density at radius 1 is 1.47 bits per heavy atom. The maximum atomic E-state index is 11.9. The van der Waals surface area contributed by atoms with Crippen LogP contribution < -0.4 is 10.6 Å². The van der Waals surface area contributed by atoms with Crippen LogP contribution in [0.1, 0.15) is 24.3 Å². The van der Waals surface area contributed by atoms with Gasteiger partial charge in [-0.3, -0.25) is 15.0 Å². The van der Waals surface area contributed by atoms with Crippen LogP contribution in [-0.4, -0.2) is 36.5 Å². The Labute approximate surface area is 118 Å². The molecule has 106 valence electrons. The minimum absolute atomic E-state index is 0.289. The molecule has 1 heterocycles. The van der Waals surface area contributed by atoms with Crippen LogP contribution in [0.5, 0.6) is 0 Å². The highest BCUT2D eigenvalue weighted by Gasteiger charge is 2.20. The Morgan fingerprint density at radius 3 is 2.68 bits per heavy atom. The molecule has 2 N–H and O–H groups in total. The number of rotatable bonds is 5. The molecule has 0 fully saturated rings. The lowest BCUT2D eigenvalue weighted by molar-refractivity contribution is -0.124. The van der Waals surface area contributed by atoms with Gasteiger partial charge in [0.05, 0.1) is 6.04 Å². The van der Waals surface area contributed by atoms with E-state index in [1.54, 1.807) is 25.2 Å². The number of amides is 3. The van der Waals surface area contributed by atoms with E-state index in [2.05, 4.69) is 23.6 Å². The lowest BCUT2D eigenvalue weighted by atomic mass is 10.2. The lowest BCUT2D eigenvalue weighted by Crippen LogP contribution is -2.48. The summed E-state index contributed by atoms with van der Waals surface area (Å²) >= 11 is 1.68. The highest BCUT2D eigenvalue weighted by Crippen LogP contribution is 2.18. The molecule has 1 atom stereocenters. The fourth-order valence-electron chi connectivity index (χ4n) is 1.55. The van der Waals surface area contributed by atoms with Gasteiger partial charge >= 0.3 is 6.03 Å². The Balaban J connectivity index is 2.52. The van der Waals surface area contributed by atoms with Gasteiger partial charge in [0.15, 0.2) is 0 Å². The quantitative estimate of drug-likeness (QED) is 0.865. The molecular weight excluding hydrogens is 262 g/mol. The number of thiophene rings is 1. The monoisotopic (exact) mass is 283 g/mol. The summed E-state index contributed by atoms with van der Waals surface area (Å²) in [4.78, 5) is 26.3. The van der Waals surface area contributed by atoms with Crippen LogP contribution in [0.4, 0.5) is 4.79 Å². The van der Waals surface area contributed by atoms with Gasteiger partial charge in [0.25, 0.3) is 0 Å². The van der Waals surface area contributed by atoms with E-state index >= 15 is 0 Å². The van der Waals surface area contributed by atoms with Gasteiger partial charge in [-0.25, -0.2) is 4.79 Å². The minimum atomic E-state index is -0.444. The summed E-state index contributed by atoms with van der Waals surface area (Å²) in [7, 11) is 1.88. The number of urea groups is 1. The summed E-state index contributed by atoms with van der Waals surface area (Å²) in [6.45, 7) is 6.85. The van der Waals surface area contributed by atoms with E-state index in [0.717, 1.165) is 0 Å². The number of likely N-dealkylation sites (N-methyl/N-ethyl adjacent to an activating group) is 1. The van der Waals surface area contributed by atoms with Crippen molar-refractivity contribution in [3.63, 3.8) is 0 Å². The first kappa shape index (κ1) is 15.7. The molecule has 6 heteroatoms. The van der Waals surface area contributed by atoms with Crippen molar-refractivity contribution in [2.24, 2.45) is 0 Å². The Bertz CT molecular complexity index is 445. The molecule has 1 aromatic heterocycles. The maximum absolute atomic E-state index is 11.9. The molecule has 0 spiro atoms. The molecular formula is C13H21N3O2S. The standard InChI is InChI=1S/C13H21N3O2S/c1-5-14-13(18)15-12(17)10(3)16(4)8-11-9(2)6-7-19-11/h6-7,10H,5,8H2,1-4H3,(H2,14,15,17,18). The van der Waals surface area contributed by atoms with E-state index in [-0.39, 0.29) is 11.9 Å². The van der Waals surface area contributed by atoms with Crippen molar-refractivity contribution in [1.82, 2.24) is 15.5 Å². The Kier molecular flexibility index (Phi) is 5.98. The SMILES string of the molecule is CCNC(=O)NC(=O)C(C)N(C)Cc1sccc1C. The van der Waals surface area contributed by atoms with Crippen LogP contribution in [0.2, 0.25) is 0 Å². The predicted octanol–water partition coefficient (Wildman–Crippen LogP) is 1.72. The van der Waals surface area contributed by atoms with Crippen LogP contribution in [-0.2, 0) is 11.3 Å². The van der Waals surface area contributed by atoms with Crippen LogP contribution in [0.15, 0.2) is 11.4 Å². The highest BCUT2D eigenvalue weighted by atomic mass is 32.1. The molecule has 1 unspecified atom stereocenters.